The second kappa shape index (κ2) is 4.84. The van der Waals surface area contributed by atoms with Crippen molar-refractivity contribution >= 4 is 43.7 Å². The summed E-state index contributed by atoms with van der Waals surface area (Å²) < 4.78 is 0. The van der Waals surface area contributed by atoms with Gasteiger partial charge in [-0.3, -0.25) is 4.79 Å². The van der Waals surface area contributed by atoms with Crippen molar-refractivity contribution in [1.82, 2.24) is 0 Å². The quantitative estimate of drug-likeness (QED) is 0.448. The molecule has 0 fully saturated rings. The Morgan fingerprint density at radius 3 is 2.00 bits per heavy atom. The molecular formula is C3H7CaNO2. The zero-order valence-corrected chi connectivity index (χ0v) is 6.43. The SMILES string of the molecule is C[C@H](N)C(=O)O.[Ca]. The van der Waals surface area contributed by atoms with Crippen LogP contribution in [0.2, 0.25) is 0 Å². The molecule has 7 heavy (non-hydrogen) atoms. The standard InChI is InChI=1S/C3H7NO2.Ca/c1-2(4)3(5)6;/h2H,4H2,1H3,(H,5,6);/t2-;/m0./s1. The molecule has 4 heteroatoms. The molecule has 0 spiro atoms. The van der Waals surface area contributed by atoms with Gasteiger partial charge in [-0.2, -0.15) is 0 Å². The smallest absolute Gasteiger partial charge is 0.320 e. The van der Waals surface area contributed by atoms with E-state index in [1.165, 1.54) is 6.92 Å². The van der Waals surface area contributed by atoms with Gasteiger partial charge in [0.15, 0.2) is 0 Å². The Kier molecular flexibility index (Phi) is 7.35. The molecule has 3 N–H and O–H groups in total. The van der Waals surface area contributed by atoms with E-state index in [-0.39, 0.29) is 37.7 Å². The van der Waals surface area contributed by atoms with Crippen LogP contribution in [0.3, 0.4) is 0 Å². The molecule has 0 aliphatic heterocycles. The van der Waals surface area contributed by atoms with Gasteiger partial charge in [-0.25, -0.2) is 0 Å². The Balaban J connectivity index is 0. The Morgan fingerprint density at radius 1 is 1.86 bits per heavy atom. The first-order valence-corrected chi connectivity index (χ1v) is 1.63. The van der Waals surface area contributed by atoms with Gasteiger partial charge in [0, 0.05) is 37.7 Å². The summed E-state index contributed by atoms with van der Waals surface area (Å²) in [5.74, 6) is -0.963. The van der Waals surface area contributed by atoms with Crippen molar-refractivity contribution in [3.05, 3.63) is 0 Å². The number of hydrogen-bond donors (Lipinski definition) is 2. The molecule has 2 radical (unpaired) electrons. The van der Waals surface area contributed by atoms with E-state index in [1.54, 1.807) is 0 Å². The molecule has 1 atom stereocenters. The van der Waals surface area contributed by atoms with E-state index in [9.17, 15) is 4.79 Å². The van der Waals surface area contributed by atoms with Gasteiger partial charge in [0.05, 0.1) is 0 Å². The summed E-state index contributed by atoms with van der Waals surface area (Å²) in [6.07, 6.45) is 0. The van der Waals surface area contributed by atoms with Crippen LogP contribution in [0, 0.1) is 0 Å². The predicted molar refractivity (Wildman–Crippen MR) is 27.0 cm³/mol. The molecule has 0 aliphatic carbocycles. The zero-order chi connectivity index (χ0) is 5.15. The summed E-state index contributed by atoms with van der Waals surface area (Å²) in [6.45, 7) is 1.42. The van der Waals surface area contributed by atoms with Crippen molar-refractivity contribution in [2.45, 2.75) is 13.0 Å². The molecule has 0 rings (SSSR count). The van der Waals surface area contributed by atoms with Gasteiger partial charge >= 0.3 is 5.97 Å². The molecule has 0 aliphatic rings. The normalized spacial score (nSPS) is 11.7. The van der Waals surface area contributed by atoms with Gasteiger partial charge in [0.2, 0.25) is 0 Å². The van der Waals surface area contributed by atoms with E-state index >= 15 is 0 Å². The van der Waals surface area contributed by atoms with E-state index in [2.05, 4.69) is 0 Å². The molecule has 0 saturated carbocycles. The van der Waals surface area contributed by atoms with Crippen LogP contribution < -0.4 is 5.73 Å². The third-order valence-corrected chi connectivity index (χ3v) is 0.390. The van der Waals surface area contributed by atoms with Crippen molar-refractivity contribution < 1.29 is 9.90 Å². The van der Waals surface area contributed by atoms with Gasteiger partial charge in [0.1, 0.15) is 6.04 Å². The Bertz CT molecular complexity index is 64.0. The van der Waals surface area contributed by atoms with E-state index in [4.69, 9.17) is 10.8 Å². The fourth-order valence-corrected chi connectivity index (χ4v) is 0. The minimum Gasteiger partial charge on any atom is -0.480 e. The van der Waals surface area contributed by atoms with Gasteiger partial charge in [-0.1, -0.05) is 0 Å². The van der Waals surface area contributed by atoms with Gasteiger partial charge in [-0.15, -0.1) is 0 Å². The summed E-state index contributed by atoms with van der Waals surface area (Å²) >= 11 is 0. The average Bonchev–Trinajstić information content (AvgIpc) is 1.36. The van der Waals surface area contributed by atoms with E-state index in [0.29, 0.717) is 0 Å². The summed E-state index contributed by atoms with van der Waals surface area (Å²) in [7, 11) is 0. The third kappa shape index (κ3) is 6.69. The fraction of sp³-hybridized carbons (Fsp3) is 0.667. The van der Waals surface area contributed by atoms with Crippen LogP contribution in [0.25, 0.3) is 0 Å². The third-order valence-electron chi connectivity index (χ3n) is 0.390. The van der Waals surface area contributed by atoms with E-state index < -0.39 is 12.0 Å². The molecule has 0 saturated heterocycles. The zero-order valence-electron chi connectivity index (χ0n) is 4.22. The minimum atomic E-state index is -0.963. The number of carboxylic acid groups (broad SMARTS) is 1. The Labute approximate surface area is 71.9 Å². The van der Waals surface area contributed by atoms with Crippen molar-refractivity contribution in [2.24, 2.45) is 5.73 Å². The van der Waals surface area contributed by atoms with Crippen LogP contribution >= 0.6 is 0 Å². The Morgan fingerprint density at radius 2 is 2.00 bits per heavy atom. The maximum Gasteiger partial charge on any atom is 0.320 e. The number of nitrogens with two attached hydrogens (primary N) is 1. The molecule has 0 unspecified atom stereocenters. The predicted octanol–water partition coefficient (Wildman–Crippen LogP) is -0.963. The van der Waals surface area contributed by atoms with Crippen LogP contribution in [-0.4, -0.2) is 54.9 Å². The van der Waals surface area contributed by atoms with Crippen LogP contribution in [0.4, 0.5) is 0 Å². The summed E-state index contributed by atoms with van der Waals surface area (Å²) in [4.78, 5) is 9.57. The van der Waals surface area contributed by atoms with Crippen molar-refractivity contribution in [3.8, 4) is 0 Å². The van der Waals surface area contributed by atoms with Gasteiger partial charge in [0.25, 0.3) is 0 Å². The van der Waals surface area contributed by atoms with Crippen LogP contribution in [0.15, 0.2) is 0 Å². The molecular weight excluding hydrogens is 122 g/mol. The topological polar surface area (TPSA) is 63.3 Å². The summed E-state index contributed by atoms with van der Waals surface area (Å²) in [5.41, 5.74) is 4.84. The van der Waals surface area contributed by atoms with Crippen molar-refractivity contribution in [3.63, 3.8) is 0 Å². The van der Waals surface area contributed by atoms with Crippen LogP contribution in [0.5, 0.6) is 0 Å². The maximum absolute atomic E-state index is 9.57. The average molecular weight is 129 g/mol. The van der Waals surface area contributed by atoms with Crippen LogP contribution in [0.1, 0.15) is 6.92 Å². The molecule has 0 aromatic carbocycles. The summed E-state index contributed by atoms with van der Waals surface area (Å²) in [6, 6.07) is -0.731. The van der Waals surface area contributed by atoms with E-state index in [1.807, 2.05) is 0 Å². The molecule has 0 heterocycles. The second-order valence-electron chi connectivity index (χ2n) is 1.13. The molecule has 0 bridgehead atoms. The number of carboxylic acids is 1. The van der Waals surface area contributed by atoms with Gasteiger partial charge in [-0.05, 0) is 6.92 Å². The second-order valence-corrected chi connectivity index (χ2v) is 1.13. The summed E-state index contributed by atoms with van der Waals surface area (Å²) in [5, 5.41) is 7.87. The van der Waals surface area contributed by atoms with Gasteiger partial charge < -0.3 is 10.8 Å². The first kappa shape index (κ1) is 10.6. The molecule has 38 valence electrons. The largest absolute Gasteiger partial charge is 0.480 e. The monoisotopic (exact) mass is 129 g/mol. The van der Waals surface area contributed by atoms with Crippen LogP contribution in [-0.2, 0) is 4.79 Å². The maximum atomic E-state index is 9.57. The number of rotatable bonds is 1. The fourth-order valence-electron chi connectivity index (χ4n) is 0. The molecule has 0 aromatic heterocycles. The van der Waals surface area contributed by atoms with E-state index in [0.717, 1.165) is 0 Å². The molecule has 0 amide bonds. The molecule has 0 aromatic rings. The van der Waals surface area contributed by atoms with Crippen molar-refractivity contribution in [2.75, 3.05) is 0 Å². The number of carbonyl (C=O) groups is 1. The minimum absolute atomic E-state index is 0. The Hall–Kier alpha value is 0.690. The molecule has 3 nitrogen and oxygen atoms in total. The first-order valence-electron chi connectivity index (χ1n) is 1.63. The first-order chi connectivity index (χ1) is 2.64. The number of aliphatic carboxylic acids is 1. The number of hydrogen-bond acceptors (Lipinski definition) is 2. The van der Waals surface area contributed by atoms with Crippen molar-refractivity contribution in [1.29, 1.82) is 0 Å².